The highest BCUT2D eigenvalue weighted by molar-refractivity contribution is 7.87. The van der Waals surface area contributed by atoms with E-state index >= 15 is 0 Å². The largest absolute Gasteiger partial charge is 0.364 e. The van der Waals surface area contributed by atoms with Crippen LogP contribution in [0.4, 0.5) is 5.69 Å². The molecular formula is C14H17N3O4S. The van der Waals surface area contributed by atoms with Crippen LogP contribution in [0.2, 0.25) is 0 Å². The van der Waals surface area contributed by atoms with Crippen LogP contribution in [0.15, 0.2) is 23.9 Å². The van der Waals surface area contributed by atoms with E-state index in [1.165, 1.54) is 0 Å². The van der Waals surface area contributed by atoms with Gasteiger partial charge in [0.1, 0.15) is 11.6 Å². The Kier molecular flexibility index (Phi) is 3.58. The van der Waals surface area contributed by atoms with E-state index in [4.69, 9.17) is 5.73 Å². The van der Waals surface area contributed by atoms with Crippen LogP contribution in [0.1, 0.15) is 24.0 Å². The topological polar surface area (TPSA) is 113 Å². The molecule has 0 unspecified atom stereocenters. The Morgan fingerprint density at radius 2 is 2.05 bits per heavy atom. The fourth-order valence-corrected chi connectivity index (χ4v) is 4.30. The van der Waals surface area contributed by atoms with Gasteiger partial charge in [0.25, 0.3) is 0 Å². The fraction of sp³-hybridized carbons (Fsp3) is 0.429. The Bertz CT molecular complexity index is 762. The van der Waals surface area contributed by atoms with Gasteiger partial charge in [-0.15, -0.1) is 0 Å². The normalized spacial score (nSPS) is 20.1. The van der Waals surface area contributed by atoms with Gasteiger partial charge in [-0.3, -0.25) is 4.55 Å². The van der Waals surface area contributed by atoms with Crippen LogP contribution < -0.4 is 15.4 Å². The molecule has 118 valence electrons. The molecule has 2 heterocycles. The lowest BCUT2D eigenvalue weighted by Gasteiger charge is -2.34. The first kappa shape index (κ1) is 15.2. The zero-order valence-electron chi connectivity index (χ0n) is 11.9. The quantitative estimate of drug-likeness (QED) is 0.526. The van der Waals surface area contributed by atoms with Crippen molar-refractivity contribution in [1.29, 1.82) is 0 Å². The average molecular weight is 323 g/mol. The van der Waals surface area contributed by atoms with Gasteiger partial charge in [-0.1, -0.05) is 12.1 Å². The number of nitrogens with zero attached hydrogens (tertiary/aromatic N) is 1. The summed E-state index contributed by atoms with van der Waals surface area (Å²) in [7, 11) is -4.59. The number of benzene rings is 1. The molecule has 0 atom stereocenters. The van der Waals surface area contributed by atoms with E-state index in [1.54, 1.807) is 18.1 Å². The van der Waals surface area contributed by atoms with Gasteiger partial charge in [-0.2, -0.15) is 8.42 Å². The number of hydrogen-bond acceptors (Lipinski definition) is 5. The lowest BCUT2D eigenvalue weighted by atomic mass is 9.72. The SMILES string of the molecule is NCc1ccc2c(c1)C1(CCNCC1)C(=C=O)N2S(=O)(=O)O. The molecule has 4 N–H and O–H groups in total. The minimum absolute atomic E-state index is 0.0410. The third-order valence-corrected chi connectivity index (χ3v) is 5.31. The summed E-state index contributed by atoms with van der Waals surface area (Å²) >= 11 is 0. The molecule has 7 nitrogen and oxygen atoms in total. The fourth-order valence-electron chi connectivity index (χ4n) is 3.45. The van der Waals surface area contributed by atoms with Gasteiger partial charge in [0.05, 0.1) is 11.1 Å². The number of rotatable bonds is 2. The molecule has 0 saturated carbocycles. The molecule has 2 aliphatic heterocycles. The maximum atomic E-state index is 11.8. The molecule has 0 aromatic heterocycles. The number of anilines is 1. The van der Waals surface area contributed by atoms with Gasteiger partial charge in [-0.25, -0.2) is 9.10 Å². The van der Waals surface area contributed by atoms with Crippen molar-refractivity contribution in [2.24, 2.45) is 5.73 Å². The lowest BCUT2D eigenvalue weighted by molar-refractivity contribution is 0.363. The summed E-state index contributed by atoms with van der Waals surface area (Å²) in [6.45, 7) is 1.61. The van der Waals surface area contributed by atoms with Crippen LogP contribution in [0.25, 0.3) is 0 Å². The third kappa shape index (κ3) is 2.08. The third-order valence-electron chi connectivity index (χ3n) is 4.47. The van der Waals surface area contributed by atoms with Crippen molar-refractivity contribution >= 4 is 21.9 Å². The lowest BCUT2D eigenvalue weighted by Crippen LogP contribution is -2.43. The van der Waals surface area contributed by atoms with Gasteiger partial charge in [0.15, 0.2) is 0 Å². The molecule has 8 heteroatoms. The summed E-state index contributed by atoms with van der Waals surface area (Å²) in [6, 6.07) is 5.10. The summed E-state index contributed by atoms with van der Waals surface area (Å²) in [5.74, 6) is 1.76. The first-order valence-electron chi connectivity index (χ1n) is 7.01. The molecule has 1 aromatic rings. The summed E-state index contributed by atoms with van der Waals surface area (Å²) in [5, 5.41) is 3.20. The molecule has 1 spiro atoms. The van der Waals surface area contributed by atoms with E-state index < -0.39 is 15.7 Å². The van der Waals surface area contributed by atoms with Gasteiger partial charge in [0.2, 0.25) is 0 Å². The minimum Gasteiger partial charge on any atom is -0.326 e. The Hall–Kier alpha value is -1.70. The van der Waals surface area contributed by atoms with Gasteiger partial charge < -0.3 is 11.1 Å². The van der Waals surface area contributed by atoms with Crippen molar-refractivity contribution in [3.8, 4) is 0 Å². The van der Waals surface area contributed by atoms with Crippen LogP contribution >= 0.6 is 0 Å². The standard InChI is InChI=1S/C14H17N3O4S/c15-8-10-1-2-12-11(7-10)14(3-5-16-6-4-14)13(9-18)17(12)22(19,20)21/h1-2,7,16H,3-6,8,15H2,(H,19,20,21). The van der Waals surface area contributed by atoms with Gasteiger partial charge in [-0.05, 0) is 43.1 Å². The van der Waals surface area contributed by atoms with Crippen LogP contribution in [-0.4, -0.2) is 32.0 Å². The van der Waals surface area contributed by atoms with Gasteiger partial charge in [0, 0.05) is 6.54 Å². The van der Waals surface area contributed by atoms with Crippen molar-refractivity contribution < 1.29 is 17.8 Å². The van der Waals surface area contributed by atoms with Crippen LogP contribution in [0.5, 0.6) is 0 Å². The van der Waals surface area contributed by atoms with E-state index in [0.717, 1.165) is 5.56 Å². The van der Waals surface area contributed by atoms with Crippen molar-refractivity contribution in [3.63, 3.8) is 0 Å². The number of carbonyl (C=O) groups excluding carboxylic acids is 1. The molecule has 0 radical (unpaired) electrons. The zero-order valence-corrected chi connectivity index (χ0v) is 12.7. The second-order valence-corrected chi connectivity index (χ2v) is 6.84. The van der Waals surface area contributed by atoms with Crippen LogP contribution in [0, 0.1) is 0 Å². The number of fused-ring (bicyclic) bond motifs is 2. The van der Waals surface area contributed by atoms with Crippen molar-refractivity contribution in [1.82, 2.24) is 5.32 Å². The summed E-state index contributed by atoms with van der Waals surface area (Å²) in [4.78, 5) is 11.5. The maximum Gasteiger partial charge on any atom is 0.364 e. The molecule has 1 aromatic carbocycles. The van der Waals surface area contributed by atoms with Crippen molar-refractivity contribution in [3.05, 3.63) is 35.0 Å². The van der Waals surface area contributed by atoms with Crippen LogP contribution in [0.3, 0.4) is 0 Å². The smallest absolute Gasteiger partial charge is 0.326 e. The molecule has 2 aliphatic rings. The number of piperidine rings is 1. The monoisotopic (exact) mass is 323 g/mol. The van der Waals surface area contributed by atoms with E-state index in [9.17, 15) is 17.8 Å². The van der Waals surface area contributed by atoms with Crippen molar-refractivity contribution in [2.75, 3.05) is 17.4 Å². The highest BCUT2D eigenvalue weighted by Gasteiger charge is 2.52. The molecule has 22 heavy (non-hydrogen) atoms. The molecule has 1 saturated heterocycles. The van der Waals surface area contributed by atoms with Crippen molar-refractivity contribution in [2.45, 2.75) is 24.8 Å². The predicted octanol–water partition coefficient (Wildman–Crippen LogP) is 0.105. The molecule has 0 bridgehead atoms. The first-order chi connectivity index (χ1) is 10.4. The van der Waals surface area contributed by atoms with E-state index in [2.05, 4.69) is 5.32 Å². The predicted molar refractivity (Wildman–Crippen MR) is 81.3 cm³/mol. The second kappa shape index (κ2) is 5.19. The van der Waals surface area contributed by atoms with Gasteiger partial charge >= 0.3 is 10.3 Å². The highest BCUT2D eigenvalue weighted by atomic mass is 32.2. The zero-order chi connectivity index (χ0) is 16.0. The Morgan fingerprint density at radius 1 is 1.36 bits per heavy atom. The molecule has 0 amide bonds. The number of hydrogen-bond donors (Lipinski definition) is 3. The summed E-state index contributed by atoms with van der Waals surface area (Å²) in [5.41, 5.74) is 6.75. The average Bonchev–Trinajstić information content (AvgIpc) is 2.77. The van der Waals surface area contributed by atoms with E-state index in [-0.39, 0.29) is 5.70 Å². The summed E-state index contributed by atoms with van der Waals surface area (Å²) < 4.78 is 33.8. The molecule has 3 rings (SSSR count). The van der Waals surface area contributed by atoms with E-state index in [1.807, 2.05) is 6.07 Å². The Labute approximate surface area is 128 Å². The first-order valence-corrected chi connectivity index (χ1v) is 8.41. The number of nitrogens with two attached hydrogens (primary N) is 1. The minimum atomic E-state index is -4.59. The maximum absolute atomic E-state index is 11.8. The van der Waals surface area contributed by atoms with E-state index in [0.29, 0.717) is 48.0 Å². The highest BCUT2D eigenvalue weighted by Crippen LogP contribution is 2.52. The molecule has 0 aliphatic carbocycles. The number of nitrogens with one attached hydrogen (secondary N) is 1. The number of allylic oxidation sites excluding steroid dienone is 1. The Morgan fingerprint density at radius 3 is 2.59 bits per heavy atom. The second-order valence-electron chi connectivity index (χ2n) is 5.58. The van der Waals surface area contributed by atoms with Crippen LogP contribution in [-0.2, 0) is 27.1 Å². The molecular weight excluding hydrogens is 306 g/mol. The molecule has 1 fully saturated rings. The Balaban J connectivity index is 2.31. The summed E-state index contributed by atoms with van der Waals surface area (Å²) in [6.07, 6.45) is 1.12.